The Morgan fingerprint density at radius 2 is 2.32 bits per heavy atom. The number of hydrogen-bond donors (Lipinski definition) is 1. The number of benzene rings is 1. The Hall–Kier alpha value is -2.20. The van der Waals surface area contributed by atoms with Crippen molar-refractivity contribution in [2.75, 3.05) is 13.1 Å². The minimum atomic E-state index is -0.976. The lowest BCUT2D eigenvalue weighted by molar-refractivity contribution is -0.266. The number of aliphatic hydroxyl groups excluding tert-OH is 1. The molecule has 1 aromatic carbocycles. The summed E-state index contributed by atoms with van der Waals surface area (Å²) in [5.74, 6) is -0.435. The van der Waals surface area contributed by atoms with E-state index >= 15 is 0 Å². The Balaban J connectivity index is 2.74. The van der Waals surface area contributed by atoms with Gasteiger partial charge in [0.2, 0.25) is 5.39 Å². The van der Waals surface area contributed by atoms with E-state index in [9.17, 15) is 15.1 Å². The summed E-state index contributed by atoms with van der Waals surface area (Å²) >= 11 is 0. The van der Waals surface area contributed by atoms with Gasteiger partial charge in [0.1, 0.15) is 0 Å². The Bertz CT molecular complexity index is 473. The second kappa shape index (κ2) is 7.28. The van der Waals surface area contributed by atoms with E-state index in [0.717, 1.165) is 12.8 Å². The van der Waals surface area contributed by atoms with Gasteiger partial charge < -0.3 is 10.2 Å². The fourth-order valence-electron chi connectivity index (χ4n) is 1.63. The number of rotatable bonds is 7. The van der Waals surface area contributed by atoms with Crippen molar-refractivity contribution < 1.29 is 10.2 Å². The van der Waals surface area contributed by atoms with Crippen molar-refractivity contribution in [1.82, 2.24) is 5.01 Å². The fraction of sp³-hybridized carbons (Fsp3) is 0.500. The van der Waals surface area contributed by atoms with Crippen LogP contribution in [0.25, 0.3) is 4.98 Å². The second-order valence-electron chi connectivity index (χ2n) is 4.19. The molecule has 1 unspecified atom stereocenters. The van der Waals surface area contributed by atoms with Crippen LogP contribution in [0.4, 0.5) is 5.69 Å². The average Bonchev–Trinajstić information content (AvgIpc) is 2.43. The molecule has 0 aliphatic carbocycles. The van der Waals surface area contributed by atoms with Gasteiger partial charge in [-0.05, 0) is 17.7 Å². The van der Waals surface area contributed by atoms with E-state index in [1.165, 1.54) is 23.2 Å². The minimum absolute atomic E-state index is 0.0343. The lowest BCUT2D eigenvalue weighted by atomic mass is 10.1. The SMILES string of the molecule is CCCCN(CC(O)c1ccc([O-])c([N+]#N)c1)N=O. The molecule has 7 nitrogen and oxygen atoms in total. The van der Waals surface area contributed by atoms with Crippen molar-refractivity contribution in [1.29, 1.82) is 5.39 Å². The summed E-state index contributed by atoms with van der Waals surface area (Å²) in [7, 11) is 0. The molecule has 102 valence electrons. The molecule has 1 N–H and O–H groups in total. The van der Waals surface area contributed by atoms with Crippen LogP contribution in [0.5, 0.6) is 5.75 Å². The first kappa shape index (κ1) is 14.9. The third-order valence-corrected chi connectivity index (χ3v) is 2.74. The third kappa shape index (κ3) is 4.19. The molecule has 0 aliphatic heterocycles. The van der Waals surface area contributed by atoms with E-state index in [0.29, 0.717) is 12.1 Å². The lowest BCUT2D eigenvalue weighted by Crippen LogP contribution is -2.24. The fourth-order valence-corrected chi connectivity index (χ4v) is 1.63. The van der Waals surface area contributed by atoms with Crippen LogP contribution >= 0.6 is 0 Å². The third-order valence-electron chi connectivity index (χ3n) is 2.74. The summed E-state index contributed by atoms with van der Waals surface area (Å²) in [5.41, 5.74) is 0.258. The molecule has 0 amide bonds. The lowest BCUT2D eigenvalue weighted by Gasteiger charge is -2.19. The van der Waals surface area contributed by atoms with Crippen molar-refractivity contribution in [3.63, 3.8) is 0 Å². The van der Waals surface area contributed by atoms with Crippen molar-refractivity contribution in [2.45, 2.75) is 25.9 Å². The Morgan fingerprint density at radius 3 is 2.89 bits per heavy atom. The van der Waals surface area contributed by atoms with E-state index < -0.39 is 11.9 Å². The van der Waals surface area contributed by atoms with Gasteiger partial charge in [-0.15, -0.1) is 4.91 Å². The zero-order chi connectivity index (χ0) is 14.3. The van der Waals surface area contributed by atoms with Crippen LogP contribution in [0.1, 0.15) is 31.4 Å². The van der Waals surface area contributed by atoms with Crippen LogP contribution in [-0.4, -0.2) is 23.2 Å². The number of nitroso groups, excluding NO2 is 1. The first-order valence-corrected chi connectivity index (χ1v) is 6.04. The topological polar surface area (TPSA) is 104 Å². The summed E-state index contributed by atoms with van der Waals surface area (Å²) in [4.78, 5) is 13.5. The number of nitrogens with zero attached hydrogens (tertiary/aromatic N) is 4. The second-order valence-corrected chi connectivity index (χ2v) is 4.19. The molecule has 19 heavy (non-hydrogen) atoms. The van der Waals surface area contributed by atoms with E-state index in [-0.39, 0.29) is 12.2 Å². The van der Waals surface area contributed by atoms with Crippen molar-refractivity contribution in [3.8, 4) is 5.75 Å². The molecule has 0 aliphatic rings. The summed E-state index contributed by atoms with van der Waals surface area (Å²) in [6, 6.07) is 3.93. The zero-order valence-electron chi connectivity index (χ0n) is 10.7. The molecule has 0 aromatic heterocycles. The van der Waals surface area contributed by atoms with Crippen LogP contribution in [0.15, 0.2) is 23.5 Å². The van der Waals surface area contributed by atoms with Gasteiger partial charge in [0.05, 0.1) is 17.9 Å². The maximum atomic E-state index is 11.2. The molecule has 1 rings (SSSR count). The van der Waals surface area contributed by atoms with Crippen LogP contribution in [0.3, 0.4) is 0 Å². The summed E-state index contributed by atoms with van der Waals surface area (Å²) < 4.78 is 0. The predicted octanol–water partition coefficient (Wildman–Crippen LogP) is 2.06. The zero-order valence-corrected chi connectivity index (χ0v) is 10.7. The van der Waals surface area contributed by atoms with Gasteiger partial charge in [-0.2, -0.15) is 0 Å². The highest BCUT2D eigenvalue weighted by Crippen LogP contribution is 2.27. The molecule has 1 aromatic rings. The predicted molar refractivity (Wildman–Crippen MR) is 67.9 cm³/mol. The highest BCUT2D eigenvalue weighted by Gasteiger charge is 2.16. The van der Waals surface area contributed by atoms with Crippen molar-refractivity contribution in [3.05, 3.63) is 33.6 Å². The maximum Gasteiger partial charge on any atom is 0.377 e. The monoisotopic (exact) mass is 264 g/mol. The van der Waals surface area contributed by atoms with Crippen LogP contribution in [0.2, 0.25) is 0 Å². The molecule has 1 atom stereocenters. The highest BCUT2D eigenvalue weighted by atomic mass is 16.3. The largest absolute Gasteiger partial charge is 0.867 e. The molecule has 0 bridgehead atoms. The molecule has 0 heterocycles. The van der Waals surface area contributed by atoms with Crippen molar-refractivity contribution >= 4 is 5.69 Å². The molecule has 7 heteroatoms. The molecule has 0 saturated heterocycles. The number of diazo groups is 1. The van der Waals surface area contributed by atoms with Crippen molar-refractivity contribution in [2.24, 2.45) is 5.29 Å². The Kier molecular flexibility index (Phi) is 5.70. The molecule has 0 fully saturated rings. The first-order valence-electron chi connectivity index (χ1n) is 6.04. The number of unbranched alkanes of at least 4 members (excludes halogenated alkanes) is 1. The van der Waals surface area contributed by atoms with Gasteiger partial charge in [-0.3, -0.25) is 5.01 Å². The highest BCUT2D eigenvalue weighted by molar-refractivity contribution is 5.57. The van der Waals surface area contributed by atoms with Gasteiger partial charge >= 0.3 is 5.69 Å². The van der Waals surface area contributed by atoms with Crippen LogP contribution in [0, 0.1) is 10.3 Å². The molecular weight excluding hydrogens is 248 g/mol. The molecule has 0 saturated carbocycles. The van der Waals surface area contributed by atoms with E-state index in [2.05, 4.69) is 10.3 Å². The van der Waals surface area contributed by atoms with Gasteiger partial charge in [-0.25, -0.2) is 0 Å². The van der Waals surface area contributed by atoms with E-state index in [1.807, 2.05) is 6.92 Å². The Morgan fingerprint density at radius 1 is 1.58 bits per heavy atom. The quantitative estimate of drug-likeness (QED) is 0.461. The Labute approximate surface area is 111 Å². The number of aliphatic hydroxyl groups is 1. The van der Waals surface area contributed by atoms with Gasteiger partial charge in [0.25, 0.3) is 0 Å². The van der Waals surface area contributed by atoms with Crippen LogP contribution in [-0.2, 0) is 0 Å². The van der Waals surface area contributed by atoms with Crippen LogP contribution < -0.4 is 5.11 Å². The molecular formula is C12H16N4O3. The smallest absolute Gasteiger partial charge is 0.377 e. The minimum Gasteiger partial charge on any atom is -0.867 e. The molecule has 0 spiro atoms. The summed E-state index contributed by atoms with van der Waals surface area (Å²) in [6.07, 6.45) is 0.742. The van der Waals surface area contributed by atoms with Gasteiger partial charge in [0.15, 0.2) is 4.98 Å². The summed E-state index contributed by atoms with van der Waals surface area (Å²) in [6.45, 7) is 2.49. The van der Waals surface area contributed by atoms with Gasteiger partial charge in [0, 0.05) is 12.6 Å². The number of hydrogen-bond acceptors (Lipinski definition) is 5. The average molecular weight is 264 g/mol. The molecule has 0 radical (unpaired) electrons. The normalized spacial score (nSPS) is 11.6. The van der Waals surface area contributed by atoms with E-state index in [4.69, 9.17) is 5.39 Å². The first-order chi connectivity index (χ1) is 9.12. The van der Waals surface area contributed by atoms with Gasteiger partial charge in [-0.1, -0.05) is 25.5 Å². The maximum absolute atomic E-state index is 11.2. The standard InChI is InChI=1S/C12H16N4O3/c1-2-3-6-16(15-19)8-12(18)9-4-5-11(17)10(7-9)14-13/h4-5,7,12,18H,2-3,6,8H2,1H3. The summed E-state index contributed by atoms with van der Waals surface area (Å²) in [5, 5.41) is 33.9. The van der Waals surface area contributed by atoms with E-state index in [1.54, 1.807) is 0 Å².